The second-order valence-electron chi connectivity index (χ2n) is 5.34. The molecule has 1 unspecified atom stereocenters. The average Bonchev–Trinajstić information content (AvgIpc) is 3.11. The van der Waals surface area contributed by atoms with Crippen LogP contribution in [0.25, 0.3) is 0 Å². The largest absolute Gasteiger partial charge is 0.481 e. The van der Waals surface area contributed by atoms with Gasteiger partial charge < -0.3 is 14.5 Å². The summed E-state index contributed by atoms with van der Waals surface area (Å²) in [5, 5.41) is 3.63. The van der Waals surface area contributed by atoms with E-state index in [2.05, 4.69) is 9.88 Å². The van der Waals surface area contributed by atoms with Crippen molar-refractivity contribution in [2.75, 3.05) is 31.1 Å². The van der Waals surface area contributed by atoms with Crippen LogP contribution in [-0.4, -0.2) is 48.1 Å². The van der Waals surface area contributed by atoms with Crippen LogP contribution in [0, 0.1) is 0 Å². The van der Waals surface area contributed by atoms with E-state index in [9.17, 15) is 4.79 Å². The van der Waals surface area contributed by atoms with Gasteiger partial charge in [0.2, 0.25) is 0 Å². The zero-order valence-electron chi connectivity index (χ0n) is 12.8. The minimum atomic E-state index is -0.511. The Morgan fingerprint density at radius 1 is 1.26 bits per heavy atom. The number of nitrogens with zero attached hydrogens (tertiary/aromatic N) is 3. The van der Waals surface area contributed by atoms with Crippen LogP contribution in [0.3, 0.4) is 0 Å². The Labute approximate surface area is 144 Å². The van der Waals surface area contributed by atoms with E-state index in [1.165, 1.54) is 0 Å². The molecule has 1 aliphatic heterocycles. The maximum atomic E-state index is 12.5. The van der Waals surface area contributed by atoms with Crippen molar-refractivity contribution in [1.29, 1.82) is 0 Å². The van der Waals surface area contributed by atoms with Crippen LogP contribution in [0.4, 0.5) is 5.13 Å². The fourth-order valence-electron chi connectivity index (χ4n) is 2.52. The highest BCUT2D eigenvalue weighted by Crippen LogP contribution is 2.20. The summed E-state index contributed by atoms with van der Waals surface area (Å²) in [6.45, 7) is 4.75. The first-order chi connectivity index (χ1) is 11.1. The predicted octanol–water partition coefficient (Wildman–Crippen LogP) is 2.91. The Morgan fingerprint density at radius 3 is 2.57 bits per heavy atom. The summed E-state index contributed by atoms with van der Waals surface area (Å²) in [5.74, 6) is 0.662. The van der Waals surface area contributed by atoms with Crippen molar-refractivity contribution in [3.05, 3.63) is 40.9 Å². The highest BCUT2D eigenvalue weighted by molar-refractivity contribution is 7.13. The van der Waals surface area contributed by atoms with Gasteiger partial charge in [-0.2, -0.15) is 0 Å². The first-order valence-electron chi connectivity index (χ1n) is 7.49. The molecule has 122 valence electrons. The molecule has 7 heteroatoms. The number of hydrogen-bond donors (Lipinski definition) is 0. The smallest absolute Gasteiger partial charge is 0.263 e. The lowest BCUT2D eigenvalue weighted by molar-refractivity contribution is -0.138. The molecule has 5 nitrogen and oxygen atoms in total. The van der Waals surface area contributed by atoms with E-state index >= 15 is 0 Å². The summed E-state index contributed by atoms with van der Waals surface area (Å²) >= 11 is 7.47. The van der Waals surface area contributed by atoms with Crippen molar-refractivity contribution in [2.45, 2.75) is 13.0 Å². The minimum absolute atomic E-state index is 0.0127. The molecule has 0 aliphatic carbocycles. The number of anilines is 1. The maximum absolute atomic E-state index is 12.5. The molecule has 0 bridgehead atoms. The van der Waals surface area contributed by atoms with Crippen molar-refractivity contribution in [3.63, 3.8) is 0 Å². The molecular formula is C16H18ClN3O2S. The first kappa shape index (κ1) is 16.1. The number of aromatic nitrogens is 1. The molecule has 23 heavy (non-hydrogen) atoms. The molecular weight excluding hydrogens is 334 g/mol. The standard InChI is InChI=1S/C16H18ClN3O2S/c1-12(22-14-4-2-13(17)3-5-14)15(21)19-7-9-20(10-8-19)16-18-6-11-23-16/h2-6,11-12H,7-10H2,1H3. The molecule has 1 atom stereocenters. The number of ether oxygens (including phenoxy) is 1. The van der Waals surface area contributed by atoms with Gasteiger partial charge in [0, 0.05) is 42.8 Å². The van der Waals surface area contributed by atoms with Crippen LogP contribution < -0.4 is 9.64 Å². The van der Waals surface area contributed by atoms with Crippen molar-refractivity contribution in [1.82, 2.24) is 9.88 Å². The number of rotatable bonds is 4. The van der Waals surface area contributed by atoms with Crippen LogP contribution >= 0.6 is 22.9 Å². The Balaban J connectivity index is 1.53. The number of thiazole rings is 1. The van der Waals surface area contributed by atoms with Crippen LogP contribution in [0.15, 0.2) is 35.8 Å². The van der Waals surface area contributed by atoms with E-state index in [4.69, 9.17) is 16.3 Å². The summed E-state index contributed by atoms with van der Waals surface area (Å²) < 4.78 is 5.71. The van der Waals surface area contributed by atoms with Crippen LogP contribution in [-0.2, 0) is 4.79 Å². The van der Waals surface area contributed by atoms with Crippen LogP contribution in [0.5, 0.6) is 5.75 Å². The number of carbonyl (C=O) groups excluding carboxylic acids is 1. The van der Waals surface area contributed by atoms with Gasteiger partial charge in [-0.15, -0.1) is 11.3 Å². The van der Waals surface area contributed by atoms with Gasteiger partial charge in [-0.25, -0.2) is 4.98 Å². The number of piperazine rings is 1. The van der Waals surface area contributed by atoms with Crippen molar-refractivity contribution in [3.8, 4) is 5.75 Å². The van der Waals surface area contributed by atoms with Crippen molar-refractivity contribution < 1.29 is 9.53 Å². The van der Waals surface area contributed by atoms with Crippen molar-refractivity contribution in [2.24, 2.45) is 0 Å². The molecule has 2 aromatic rings. The third-order valence-electron chi connectivity index (χ3n) is 3.76. The monoisotopic (exact) mass is 351 g/mol. The van der Waals surface area contributed by atoms with E-state index in [0.29, 0.717) is 23.9 Å². The second kappa shape index (κ2) is 7.19. The van der Waals surface area contributed by atoms with Gasteiger partial charge in [0.25, 0.3) is 5.91 Å². The maximum Gasteiger partial charge on any atom is 0.263 e. The van der Waals surface area contributed by atoms with Gasteiger partial charge in [-0.05, 0) is 31.2 Å². The highest BCUT2D eigenvalue weighted by Gasteiger charge is 2.26. The number of amides is 1. The van der Waals surface area contributed by atoms with Crippen LogP contribution in [0.2, 0.25) is 5.02 Å². The molecule has 0 radical (unpaired) electrons. The fourth-order valence-corrected chi connectivity index (χ4v) is 3.34. The fraction of sp³-hybridized carbons (Fsp3) is 0.375. The molecule has 2 heterocycles. The van der Waals surface area contributed by atoms with Gasteiger partial charge in [0.1, 0.15) is 5.75 Å². The van der Waals surface area contributed by atoms with Gasteiger partial charge in [0.05, 0.1) is 0 Å². The normalized spacial score (nSPS) is 16.3. The lowest BCUT2D eigenvalue weighted by atomic mass is 10.2. The second-order valence-corrected chi connectivity index (χ2v) is 6.65. The van der Waals surface area contributed by atoms with Gasteiger partial charge in [-0.1, -0.05) is 11.6 Å². The summed E-state index contributed by atoms with van der Waals surface area (Å²) in [6, 6.07) is 7.04. The van der Waals surface area contributed by atoms with E-state index in [-0.39, 0.29) is 5.91 Å². The Kier molecular flexibility index (Phi) is 5.03. The number of carbonyl (C=O) groups is 1. The lowest BCUT2D eigenvalue weighted by Crippen LogP contribution is -2.52. The van der Waals surface area contributed by atoms with E-state index in [0.717, 1.165) is 18.2 Å². The van der Waals surface area contributed by atoms with E-state index < -0.39 is 6.10 Å². The van der Waals surface area contributed by atoms with Gasteiger partial charge >= 0.3 is 0 Å². The first-order valence-corrected chi connectivity index (χ1v) is 8.75. The average molecular weight is 352 g/mol. The summed E-state index contributed by atoms with van der Waals surface area (Å²) in [6.07, 6.45) is 1.29. The summed E-state index contributed by atoms with van der Waals surface area (Å²) in [7, 11) is 0. The molecule has 1 aromatic carbocycles. The van der Waals surface area contributed by atoms with E-state index in [1.807, 2.05) is 10.3 Å². The van der Waals surface area contributed by atoms with Gasteiger partial charge in [-0.3, -0.25) is 4.79 Å². The van der Waals surface area contributed by atoms with Crippen molar-refractivity contribution >= 4 is 34.0 Å². The van der Waals surface area contributed by atoms with Crippen LogP contribution in [0.1, 0.15) is 6.92 Å². The van der Waals surface area contributed by atoms with Gasteiger partial charge in [0.15, 0.2) is 11.2 Å². The van der Waals surface area contributed by atoms with E-state index in [1.54, 1.807) is 48.7 Å². The topological polar surface area (TPSA) is 45.7 Å². The molecule has 3 rings (SSSR count). The molecule has 0 spiro atoms. The molecule has 0 N–H and O–H groups in total. The molecule has 0 saturated carbocycles. The number of benzene rings is 1. The Morgan fingerprint density at radius 2 is 1.96 bits per heavy atom. The third kappa shape index (κ3) is 3.95. The SMILES string of the molecule is CC(Oc1ccc(Cl)cc1)C(=O)N1CCN(c2nccs2)CC1. The highest BCUT2D eigenvalue weighted by atomic mass is 35.5. The molecule has 1 saturated heterocycles. The molecule has 1 amide bonds. The number of hydrogen-bond acceptors (Lipinski definition) is 5. The quantitative estimate of drug-likeness (QED) is 0.849. The Hall–Kier alpha value is -1.79. The number of halogens is 1. The summed E-state index contributed by atoms with van der Waals surface area (Å²) in [4.78, 5) is 20.9. The Bertz CT molecular complexity index is 640. The molecule has 1 aliphatic rings. The zero-order chi connectivity index (χ0) is 16.2. The predicted molar refractivity (Wildman–Crippen MR) is 92.4 cm³/mol. The third-order valence-corrected chi connectivity index (χ3v) is 4.84. The molecule has 1 aromatic heterocycles. The summed E-state index contributed by atoms with van der Waals surface area (Å²) in [5.41, 5.74) is 0. The zero-order valence-corrected chi connectivity index (χ0v) is 14.4. The molecule has 1 fully saturated rings. The minimum Gasteiger partial charge on any atom is -0.481 e. The lowest BCUT2D eigenvalue weighted by Gasteiger charge is -2.35.